The van der Waals surface area contributed by atoms with Crippen LogP contribution >= 0.6 is 11.8 Å². The van der Waals surface area contributed by atoms with Gasteiger partial charge in [-0.2, -0.15) is 0 Å². The number of anilines is 1. The Labute approximate surface area is 165 Å². The Morgan fingerprint density at radius 2 is 1.81 bits per heavy atom. The maximum atomic E-state index is 12.7. The molecule has 0 aromatic heterocycles. The Morgan fingerprint density at radius 3 is 2.52 bits per heavy atom. The van der Waals surface area contributed by atoms with Crippen LogP contribution in [0.4, 0.5) is 5.69 Å². The molecule has 5 nitrogen and oxygen atoms in total. The molecule has 0 spiro atoms. The third kappa shape index (κ3) is 5.28. The molecule has 2 amide bonds. The molecule has 0 saturated heterocycles. The van der Waals surface area contributed by atoms with E-state index < -0.39 is 0 Å². The summed E-state index contributed by atoms with van der Waals surface area (Å²) in [4.78, 5) is 25.9. The SMILES string of the molecule is CC1=C(C(=O)Nc2cc(C(=O)NC3CCCCCC3)ccc2C)SCCO1. The fourth-order valence-corrected chi connectivity index (χ4v) is 4.32. The molecule has 0 atom stereocenters. The Balaban J connectivity index is 1.70. The van der Waals surface area contributed by atoms with Gasteiger partial charge in [0.15, 0.2) is 0 Å². The fraction of sp³-hybridized carbons (Fsp3) is 0.524. The lowest BCUT2D eigenvalue weighted by atomic mass is 10.1. The van der Waals surface area contributed by atoms with Crippen LogP contribution in [-0.4, -0.2) is 30.2 Å². The molecular weight excluding hydrogens is 360 g/mol. The zero-order valence-electron chi connectivity index (χ0n) is 16.1. The van der Waals surface area contributed by atoms with Gasteiger partial charge in [-0.25, -0.2) is 0 Å². The maximum absolute atomic E-state index is 12.7. The van der Waals surface area contributed by atoms with Gasteiger partial charge >= 0.3 is 0 Å². The molecule has 0 radical (unpaired) electrons. The minimum absolute atomic E-state index is 0.0665. The zero-order chi connectivity index (χ0) is 19.2. The molecule has 6 heteroatoms. The largest absolute Gasteiger partial charge is 0.496 e. The molecule has 3 rings (SSSR count). The van der Waals surface area contributed by atoms with Gasteiger partial charge in [0.1, 0.15) is 10.7 Å². The summed E-state index contributed by atoms with van der Waals surface area (Å²) in [5.74, 6) is 1.18. The van der Waals surface area contributed by atoms with E-state index in [0.717, 1.165) is 24.2 Å². The number of thioether (sulfide) groups is 1. The van der Waals surface area contributed by atoms with Crippen molar-refractivity contribution in [2.75, 3.05) is 17.7 Å². The van der Waals surface area contributed by atoms with Crippen LogP contribution in [0, 0.1) is 6.92 Å². The quantitative estimate of drug-likeness (QED) is 0.751. The molecule has 1 aliphatic carbocycles. The summed E-state index contributed by atoms with van der Waals surface area (Å²) in [6.07, 6.45) is 6.95. The Hall–Kier alpha value is -1.95. The van der Waals surface area contributed by atoms with Crippen molar-refractivity contribution in [3.63, 3.8) is 0 Å². The molecule has 1 heterocycles. The Bertz CT molecular complexity index is 737. The number of rotatable bonds is 4. The average Bonchev–Trinajstić information content (AvgIpc) is 2.92. The van der Waals surface area contributed by atoms with Crippen molar-refractivity contribution in [3.8, 4) is 0 Å². The van der Waals surface area contributed by atoms with Crippen molar-refractivity contribution in [3.05, 3.63) is 40.0 Å². The lowest BCUT2D eigenvalue weighted by Crippen LogP contribution is -2.34. The molecule has 0 bridgehead atoms. The highest BCUT2D eigenvalue weighted by Gasteiger charge is 2.20. The first-order chi connectivity index (χ1) is 13.0. The highest BCUT2D eigenvalue weighted by molar-refractivity contribution is 8.04. The van der Waals surface area contributed by atoms with E-state index in [9.17, 15) is 9.59 Å². The number of benzene rings is 1. The van der Waals surface area contributed by atoms with Crippen molar-refractivity contribution < 1.29 is 14.3 Å². The number of ether oxygens (including phenoxy) is 1. The van der Waals surface area contributed by atoms with Gasteiger partial charge in [0.05, 0.1) is 6.61 Å². The lowest BCUT2D eigenvalue weighted by molar-refractivity contribution is -0.112. The van der Waals surface area contributed by atoms with E-state index in [1.165, 1.54) is 37.4 Å². The average molecular weight is 389 g/mol. The number of nitrogens with one attached hydrogen (secondary N) is 2. The van der Waals surface area contributed by atoms with Crippen LogP contribution in [0.5, 0.6) is 0 Å². The number of allylic oxidation sites excluding steroid dienone is 1. The molecule has 1 fully saturated rings. The van der Waals surface area contributed by atoms with Crippen LogP contribution in [0.25, 0.3) is 0 Å². The standard InChI is InChI=1S/C21H28N2O3S/c1-14-9-10-16(20(24)22-17-7-5-3-4-6-8-17)13-18(14)23-21(25)19-15(2)26-11-12-27-19/h9-10,13,17H,3-8,11-12H2,1-2H3,(H,22,24)(H,23,25). The highest BCUT2D eigenvalue weighted by atomic mass is 32.2. The molecular formula is C21H28N2O3S. The second kappa shape index (κ2) is 9.31. The summed E-state index contributed by atoms with van der Waals surface area (Å²) in [5.41, 5.74) is 2.17. The molecule has 146 valence electrons. The first kappa shape index (κ1) is 19.8. The van der Waals surface area contributed by atoms with E-state index in [4.69, 9.17) is 4.74 Å². The number of aryl methyl sites for hydroxylation is 1. The van der Waals surface area contributed by atoms with Gasteiger partial charge in [0.2, 0.25) is 0 Å². The number of carbonyl (C=O) groups is 2. The monoisotopic (exact) mass is 388 g/mol. The minimum Gasteiger partial charge on any atom is -0.496 e. The van der Waals surface area contributed by atoms with E-state index in [-0.39, 0.29) is 17.9 Å². The van der Waals surface area contributed by atoms with Crippen molar-refractivity contribution in [2.45, 2.75) is 58.4 Å². The molecule has 1 aromatic carbocycles. The predicted octanol–water partition coefficient (Wildman–Crippen LogP) is 4.38. The Morgan fingerprint density at radius 1 is 1.07 bits per heavy atom. The van der Waals surface area contributed by atoms with Crippen LogP contribution < -0.4 is 10.6 Å². The van der Waals surface area contributed by atoms with Crippen LogP contribution in [0.2, 0.25) is 0 Å². The zero-order valence-corrected chi connectivity index (χ0v) is 16.9. The summed E-state index contributed by atoms with van der Waals surface area (Å²) < 4.78 is 5.47. The van der Waals surface area contributed by atoms with Gasteiger partial charge in [-0.05, 0) is 44.4 Å². The third-order valence-electron chi connectivity index (χ3n) is 5.11. The lowest BCUT2D eigenvalue weighted by Gasteiger charge is -2.19. The summed E-state index contributed by atoms with van der Waals surface area (Å²) in [6.45, 7) is 4.36. The number of carbonyl (C=O) groups excluding carboxylic acids is 2. The van der Waals surface area contributed by atoms with E-state index in [1.54, 1.807) is 6.07 Å². The van der Waals surface area contributed by atoms with Crippen LogP contribution in [0.1, 0.15) is 61.4 Å². The second-order valence-corrected chi connectivity index (χ2v) is 8.33. The van der Waals surface area contributed by atoms with Crippen molar-refractivity contribution in [1.82, 2.24) is 5.32 Å². The van der Waals surface area contributed by atoms with Gasteiger partial charge < -0.3 is 15.4 Å². The smallest absolute Gasteiger partial charge is 0.265 e. The molecule has 1 aliphatic heterocycles. The minimum atomic E-state index is -0.179. The van der Waals surface area contributed by atoms with E-state index in [0.29, 0.717) is 28.5 Å². The Kier molecular flexibility index (Phi) is 6.83. The van der Waals surface area contributed by atoms with Gasteiger partial charge in [-0.1, -0.05) is 31.7 Å². The summed E-state index contributed by atoms with van der Waals surface area (Å²) in [6, 6.07) is 5.72. The second-order valence-electron chi connectivity index (χ2n) is 7.23. The number of hydrogen-bond donors (Lipinski definition) is 2. The number of amides is 2. The first-order valence-electron chi connectivity index (χ1n) is 9.74. The molecule has 0 unspecified atom stereocenters. The van der Waals surface area contributed by atoms with E-state index in [2.05, 4.69) is 10.6 Å². The summed E-state index contributed by atoms with van der Waals surface area (Å²) in [7, 11) is 0. The maximum Gasteiger partial charge on any atom is 0.265 e. The highest BCUT2D eigenvalue weighted by Crippen LogP contribution is 2.27. The van der Waals surface area contributed by atoms with Crippen LogP contribution in [-0.2, 0) is 9.53 Å². The van der Waals surface area contributed by atoms with Crippen molar-refractivity contribution in [1.29, 1.82) is 0 Å². The summed E-state index contributed by atoms with van der Waals surface area (Å²) in [5, 5.41) is 6.10. The van der Waals surface area contributed by atoms with Crippen molar-refractivity contribution in [2.24, 2.45) is 0 Å². The molecule has 1 saturated carbocycles. The predicted molar refractivity (Wildman–Crippen MR) is 110 cm³/mol. The molecule has 27 heavy (non-hydrogen) atoms. The van der Waals surface area contributed by atoms with Gasteiger partial charge in [0, 0.05) is 23.0 Å². The van der Waals surface area contributed by atoms with Crippen LogP contribution in [0.3, 0.4) is 0 Å². The molecule has 1 aromatic rings. The summed E-state index contributed by atoms with van der Waals surface area (Å²) >= 11 is 1.50. The molecule has 2 aliphatic rings. The normalized spacial score (nSPS) is 18.4. The topological polar surface area (TPSA) is 67.4 Å². The third-order valence-corrected chi connectivity index (χ3v) is 6.24. The molecule has 2 N–H and O–H groups in total. The van der Waals surface area contributed by atoms with Crippen molar-refractivity contribution >= 4 is 29.3 Å². The van der Waals surface area contributed by atoms with Gasteiger partial charge in [-0.15, -0.1) is 11.8 Å². The first-order valence-corrected chi connectivity index (χ1v) is 10.7. The van der Waals surface area contributed by atoms with E-state index >= 15 is 0 Å². The van der Waals surface area contributed by atoms with Crippen LogP contribution in [0.15, 0.2) is 28.9 Å². The van der Waals surface area contributed by atoms with Gasteiger partial charge in [-0.3, -0.25) is 9.59 Å². The fourth-order valence-electron chi connectivity index (χ4n) is 3.50. The number of hydrogen-bond acceptors (Lipinski definition) is 4. The van der Waals surface area contributed by atoms with E-state index in [1.807, 2.05) is 26.0 Å². The van der Waals surface area contributed by atoms with Gasteiger partial charge in [0.25, 0.3) is 11.8 Å².